The maximum Gasteiger partial charge on any atom is 0.0642 e. The highest BCUT2D eigenvalue weighted by atomic mass is 35.5. The molecule has 1 aliphatic carbocycles. The summed E-state index contributed by atoms with van der Waals surface area (Å²) in [5, 5.41) is 9.35. The Morgan fingerprint density at radius 1 is 0.882 bits per heavy atom. The highest BCUT2D eigenvalue weighted by Gasteiger charge is 2.25. The second-order valence-corrected chi connectivity index (χ2v) is 8.88. The van der Waals surface area contributed by atoms with Gasteiger partial charge >= 0.3 is 0 Å². The fourth-order valence-corrected chi connectivity index (χ4v) is 4.62. The van der Waals surface area contributed by atoms with Gasteiger partial charge in [-0.2, -0.15) is 10.2 Å². The number of hydrogen-bond acceptors (Lipinski definition) is 5. The Morgan fingerprint density at radius 2 is 1.53 bits per heavy atom. The van der Waals surface area contributed by atoms with Gasteiger partial charge in [-0.1, -0.05) is 35.9 Å². The minimum atomic E-state index is 0.717. The van der Waals surface area contributed by atoms with Crippen molar-refractivity contribution in [1.82, 2.24) is 4.90 Å². The van der Waals surface area contributed by atoms with Gasteiger partial charge in [0.25, 0.3) is 0 Å². The molecule has 0 atom stereocenters. The van der Waals surface area contributed by atoms with Gasteiger partial charge in [-0.25, -0.2) is 0 Å². The molecule has 0 aromatic heterocycles. The molecule has 178 valence electrons. The summed E-state index contributed by atoms with van der Waals surface area (Å²) in [5.74, 6) is 0. The number of benzene rings is 2. The van der Waals surface area contributed by atoms with Crippen molar-refractivity contribution < 1.29 is 4.74 Å². The molecule has 1 saturated heterocycles. The molecule has 0 bridgehead atoms. The summed E-state index contributed by atoms with van der Waals surface area (Å²) in [5.41, 5.74) is 7.37. The Hall–Kier alpha value is -2.89. The van der Waals surface area contributed by atoms with Gasteiger partial charge < -0.3 is 14.5 Å². The van der Waals surface area contributed by atoms with Gasteiger partial charge in [-0.15, -0.1) is 0 Å². The first-order valence-corrected chi connectivity index (χ1v) is 12.5. The van der Waals surface area contributed by atoms with E-state index in [4.69, 9.17) is 16.3 Å². The standard InChI is InChI=1S/C28H33ClN4O/c1-3-32(4-2)27-13-7-22(8-14-27)19-24-9-10-25(28(24)33-15-17-34-18-16-33)21-31-30-20-23-5-11-26(29)12-6-23/h5-8,11-14,19-21H,3-4,9-10,15-18H2,1-2H3. The minimum absolute atomic E-state index is 0.717. The molecule has 5 nitrogen and oxygen atoms in total. The summed E-state index contributed by atoms with van der Waals surface area (Å²) in [6.07, 6.45) is 7.98. The molecule has 0 spiro atoms. The number of rotatable bonds is 8. The fourth-order valence-electron chi connectivity index (χ4n) is 4.49. The van der Waals surface area contributed by atoms with Gasteiger partial charge in [-0.3, -0.25) is 0 Å². The van der Waals surface area contributed by atoms with E-state index in [-0.39, 0.29) is 0 Å². The van der Waals surface area contributed by atoms with E-state index in [0.717, 1.165) is 57.8 Å². The Morgan fingerprint density at radius 3 is 2.21 bits per heavy atom. The van der Waals surface area contributed by atoms with E-state index in [9.17, 15) is 0 Å². The molecule has 0 saturated carbocycles. The average Bonchev–Trinajstić information content (AvgIpc) is 3.27. The topological polar surface area (TPSA) is 40.4 Å². The van der Waals surface area contributed by atoms with Crippen LogP contribution in [0.1, 0.15) is 37.8 Å². The Labute approximate surface area is 208 Å². The van der Waals surface area contributed by atoms with Crippen molar-refractivity contribution in [2.24, 2.45) is 10.2 Å². The Balaban J connectivity index is 1.56. The summed E-state index contributed by atoms with van der Waals surface area (Å²) >= 11 is 5.95. The molecule has 0 radical (unpaired) electrons. The molecule has 4 rings (SSSR count). The number of ether oxygens (including phenoxy) is 1. The molecule has 2 aromatic rings. The third-order valence-electron chi connectivity index (χ3n) is 6.32. The van der Waals surface area contributed by atoms with Crippen LogP contribution in [0.3, 0.4) is 0 Å². The molecular formula is C28H33ClN4O. The number of anilines is 1. The molecule has 2 aliphatic rings. The molecule has 0 amide bonds. The van der Waals surface area contributed by atoms with E-state index in [1.165, 1.54) is 28.1 Å². The van der Waals surface area contributed by atoms with Crippen molar-refractivity contribution in [3.8, 4) is 0 Å². The third kappa shape index (κ3) is 6.16. The van der Waals surface area contributed by atoms with Crippen molar-refractivity contribution in [1.29, 1.82) is 0 Å². The zero-order chi connectivity index (χ0) is 23.8. The zero-order valence-corrected chi connectivity index (χ0v) is 20.8. The van der Waals surface area contributed by atoms with E-state index in [1.807, 2.05) is 30.5 Å². The van der Waals surface area contributed by atoms with Crippen LogP contribution >= 0.6 is 11.6 Å². The lowest BCUT2D eigenvalue weighted by molar-refractivity contribution is 0.0548. The van der Waals surface area contributed by atoms with Gasteiger partial charge in [0, 0.05) is 42.6 Å². The quantitative estimate of drug-likeness (QED) is 0.343. The third-order valence-corrected chi connectivity index (χ3v) is 6.57. The van der Waals surface area contributed by atoms with Crippen LogP contribution in [0.5, 0.6) is 0 Å². The summed E-state index contributed by atoms with van der Waals surface area (Å²) < 4.78 is 5.61. The summed E-state index contributed by atoms with van der Waals surface area (Å²) in [7, 11) is 0. The molecule has 1 aliphatic heterocycles. The van der Waals surface area contributed by atoms with Crippen molar-refractivity contribution in [3.63, 3.8) is 0 Å². The SMILES string of the molecule is CCN(CC)c1ccc(C=C2CCC(C=NN=Cc3ccc(Cl)cc3)=C2N2CCOCC2)cc1. The number of hydrogen-bond donors (Lipinski definition) is 0. The average molecular weight is 477 g/mol. The minimum Gasteiger partial charge on any atom is -0.378 e. The Kier molecular flexibility index (Phi) is 8.56. The Bertz CT molecular complexity index is 1060. The molecule has 6 heteroatoms. The fraction of sp³-hybridized carbons (Fsp3) is 0.357. The van der Waals surface area contributed by atoms with E-state index < -0.39 is 0 Å². The first kappa shape index (κ1) is 24.2. The van der Waals surface area contributed by atoms with E-state index in [2.05, 4.69) is 64.2 Å². The van der Waals surface area contributed by atoms with Crippen LogP contribution in [0, 0.1) is 0 Å². The van der Waals surface area contributed by atoms with Gasteiger partial charge in [0.2, 0.25) is 0 Å². The normalized spacial score (nSPS) is 18.1. The van der Waals surface area contributed by atoms with E-state index in [0.29, 0.717) is 5.02 Å². The monoisotopic (exact) mass is 476 g/mol. The van der Waals surface area contributed by atoms with Crippen LogP contribution < -0.4 is 4.90 Å². The molecule has 1 heterocycles. The van der Waals surface area contributed by atoms with E-state index >= 15 is 0 Å². The van der Waals surface area contributed by atoms with Crippen molar-refractivity contribution in [3.05, 3.63) is 81.5 Å². The number of morpholine rings is 1. The smallest absolute Gasteiger partial charge is 0.0642 e. The molecule has 1 fully saturated rings. The van der Waals surface area contributed by atoms with Crippen LogP contribution in [0.4, 0.5) is 5.69 Å². The van der Waals surface area contributed by atoms with Crippen LogP contribution in [0.15, 0.2) is 75.6 Å². The lowest BCUT2D eigenvalue weighted by Gasteiger charge is -2.31. The predicted octanol–water partition coefficient (Wildman–Crippen LogP) is 6.05. The summed E-state index contributed by atoms with van der Waals surface area (Å²) in [4.78, 5) is 4.81. The first-order chi connectivity index (χ1) is 16.7. The molecule has 0 unspecified atom stereocenters. The van der Waals surface area contributed by atoms with Crippen LogP contribution in [-0.4, -0.2) is 56.7 Å². The van der Waals surface area contributed by atoms with Crippen molar-refractivity contribution in [2.45, 2.75) is 26.7 Å². The summed E-state index contributed by atoms with van der Waals surface area (Å²) in [6.45, 7) is 9.74. The van der Waals surface area contributed by atoms with Crippen LogP contribution in [0.2, 0.25) is 5.02 Å². The number of allylic oxidation sites excluding steroid dienone is 2. The van der Waals surface area contributed by atoms with Gasteiger partial charge in [0.1, 0.15) is 0 Å². The second-order valence-electron chi connectivity index (χ2n) is 8.45. The molecule has 2 aromatic carbocycles. The highest BCUT2D eigenvalue weighted by Crippen LogP contribution is 2.35. The lowest BCUT2D eigenvalue weighted by Crippen LogP contribution is -2.36. The van der Waals surface area contributed by atoms with Gasteiger partial charge in [0.15, 0.2) is 0 Å². The maximum atomic E-state index is 5.95. The predicted molar refractivity (Wildman–Crippen MR) is 144 cm³/mol. The molecular weight excluding hydrogens is 444 g/mol. The van der Waals surface area contributed by atoms with Crippen LogP contribution in [-0.2, 0) is 4.74 Å². The lowest BCUT2D eigenvalue weighted by atomic mass is 10.1. The van der Waals surface area contributed by atoms with Gasteiger partial charge in [-0.05, 0) is 79.3 Å². The van der Waals surface area contributed by atoms with E-state index in [1.54, 1.807) is 6.21 Å². The van der Waals surface area contributed by atoms with Crippen LogP contribution in [0.25, 0.3) is 6.08 Å². The first-order valence-electron chi connectivity index (χ1n) is 12.1. The largest absolute Gasteiger partial charge is 0.378 e. The van der Waals surface area contributed by atoms with Gasteiger partial charge in [0.05, 0.1) is 25.6 Å². The van der Waals surface area contributed by atoms with Crippen molar-refractivity contribution >= 4 is 35.8 Å². The second kappa shape index (κ2) is 12.0. The zero-order valence-electron chi connectivity index (χ0n) is 20.1. The molecule has 34 heavy (non-hydrogen) atoms. The summed E-state index contributed by atoms with van der Waals surface area (Å²) in [6, 6.07) is 16.5. The number of nitrogens with zero attached hydrogens (tertiary/aromatic N) is 4. The maximum absolute atomic E-state index is 5.95. The number of halogens is 1. The molecule has 0 N–H and O–H groups in total. The highest BCUT2D eigenvalue weighted by molar-refractivity contribution is 6.30. The van der Waals surface area contributed by atoms with Crippen molar-refractivity contribution in [2.75, 3.05) is 44.3 Å².